The van der Waals surface area contributed by atoms with E-state index in [1.54, 1.807) is 0 Å². The molecule has 0 N–H and O–H groups in total. The Balaban J connectivity index is 1.43. The fraction of sp³-hybridized carbons (Fsp3) is 0.583. The number of sulfone groups is 1. The number of benzene rings is 1. The molecule has 174 valence electrons. The number of aromatic nitrogens is 2. The Kier molecular flexibility index (Phi) is 5.86. The molecule has 0 spiro atoms. The van der Waals surface area contributed by atoms with E-state index in [-0.39, 0.29) is 28.9 Å². The minimum Gasteiger partial charge on any atom is -0.365 e. The first-order chi connectivity index (χ1) is 15.0. The summed E-state index contributed by atoms with van der Waals surface area (Å²) in [6.45, 7) is 13.3. The molecule has 4 rings (SSSR count). The zero-order valence-electron chi connectivity index (χ0n) is 19.8. The summed E-state index contributed by atoms with van der Waals surface area (Å²) in [5, 5.41) is 4.69. The van der Waals surface area contributed by atoms with Crippen LogP contribution in [0.25, 0.3) is 0 Å². The largest absolute Gasteiger partial charge is 0.365 e. The number of hydrogen-bond donors (Lipinski definition) is 0. The lowest BCUT2D eigenvalue weighted by molar-refractivity contribution is 0.0746. The molecule has 2 aliphatic rings. The molecular formula is C24H34N4O3S. The van der Waals surface area contributed by atoms with Crippen LogP contribution in [0.1, 0.15) is 60.5 Å². The number of hydrogen-bond acceptors (Lipinski definition) is 5. The Hall–Kier alpha value is -2.35. The van der Waals surface area contributed by atoms with Gasteiger partial charge in [0, 0.05) is 31.7 Å². The molecule has 3 heterocycles. The van der Waals surface area contributed by atoms with Crippen LogP contribution in [-0.4, -0.2) is 66.7 Å². The Bertz CT molecular complexity index is 1110. The van der Waals surface area contributed by atoms with E-state index < -0.39 is 9.84 Å². The fourth-order valence-corrected chi connectivity index (χ4v) is 6.56. The third-order valence-electron chi connectivity index (χ3n) is 6.72. The van der Waals surface area contributed by atoms with Crippen molar-refractivity contribution in [2.24, 2.45) is 0 Å². The topological polar surface area (TPSA) is 75.5 Å². The number of amides is 1. The van der Waals surface area contributed by atoms with Crippen molar-refractivity contribution in [1.82, 2.24) is 14.7 Å². The summed E-state index contributed by atoms with van der Waals surface area (Å²) >= 11 is 0. The van der Waals surface area contributed by atoms with E-state index in [0.29, 0.717) is 19.5 Å². The quantitative estimate of drug-likeness (QED) is 0.706. The lowest BCUT2D eigenvalue weighted by Gasteiger charge is -2.36. The highest BCUT2D eigenvalue weighted by Gasteiger charge is 2.33. The van der Waals surface area contributed by atoms with Gasteiger partial charge < -0.3 is 9.80 Å². The summed E-state index contributed by atoms with van der Waals surface area (Å²) in [6, 6.07) is 7.89. The van der Waals surface area contributed by atoms with E-state index in [4.69, 9.17) is 5.10 Å². The van der Waals surface area contributed by atoms with Gasteiger partial charge in [-0.3, -0.25) is 9.48 Å². The van der Waals surface area contributed by atoms with Crippen molar-refractivity contribution in [2.45, 2.75) is 52.5 Å². The zero-order chi connectivity index (χ0) is 23.3. The highest BCUT2D eigenvalue weighted by molar-refractivity contribution is 7.91. The smallest absolute Gasteiger partial charge is 0.253 e. The van der Waals surface area contributed by atoms with Gasteiger partial charge in [0.2, 0.25) is 0 Å². The summed E-state index contributed by atoms with van der Waals surface area (Å²) in [5.74, 6) is 0.485. The predicted molar refractivity (Wildman–Crippen MR) is 127 cm³/mol. The van der Waals surface area contributed by atoms with Crippen LogP contribution in [-0.2, 0) is 15.3 Å². The second kappa shape index (κ2) is 8.21. The molecule has 0 aliphatic carbocycles. The predicted octanol–water partition coefficient (Wildman–Crippen LogP) is 3.12. The first-order valence-corrected chi connectivity index (χ1v) is 13.2. The van der Waals surface area contributed by atoms with Crippen LogP contribution in [0.4, 0.5) is 5.69 Å². The van der Waals surface area contributed by atoms with Crippen molar-refractivity contribution in [3.8, 4) is 0 Å². The average Bonchev–Trinajstić information content (AvgIpc) is 3.25. The number of carbonyl (C=O) groups excluding carboxylic acids is 1. The number of anilines is 1. The van der Waals surface area contributed by atoms with Crippen molar-refractivity contribution in [1.29, 1.82) is 0 Å². The van der Waals surface area contributed by atoms with Crippen LogP contribution in [0.2, 0.25) is 0 Å². The SMILES string of the molecule is Cc1nn(C2CCS(=O)(=O)C2)c(C)c1N1CCN(C(=O)c2ccc(C(C)(C)C)cc2)CC1. The lowest BCUT2D eigenvalue weighted by atomic mass is 9.86. The van der Waals surface area contributed by atoms with E-state index >= 15 is 0 Å². The first-order valence-electron chi connectivity index (χ1n) is 11.4. The molecule has 32 heavy (non-hydrogen) atoms. The van der Waals surface area contributed by atoms with Crippen molar-refractivity contribution in [3.05, 3.63) is 46.8 Å². The van der Waals surface area contributed by atoms with E-state index in [2.05, 4.69) is 25.7 Å². The molecule has 1 amide bonds. The minimum atomic E-state index is -2.96. The van der Waals surface area contributed by atoms with Gasteiger partial charge in [-0.1, -0.05) is 32.9 Å². The molecule has 1 aromatic heterocycles. The van der Waals surface area contributed by atoms with E-state index in [1.165, 1.54) is 5.56 Å². The standard InChI is InChI=1S/C24H34N4O3S/c1-17-22(18(2)28(25-17)21-10-15-32(30,31)16-21)26-11-13-27(14-12-26)23(29)19-6-8-20(9-7-19)24(3,4)5/h6-9,21H,10-16H2,1-5H3. The maximum absolute atomic E-state index is 13.0. The van der Waals surface area contributed by atoms with Gasteiger partial charge in [-0.15, -0.1) is 0 Å². The molecular weight excluding hydrogens is 424 g/mol. The normalized spacial score (nSPS) is 21.2. The summed E-state index contributed by atoms with van der Waals surface area (Å²) in [5.41, 5.74) is 5.03. The molecule has 2 aliphatic heterocycles. The molecule has 0 radical (unpaired) electrons. The maximum Gasteiger partial charge on any atom is 0.253 e. The fourth-order valence-electron chi connectivity index (χ4n) is 4.86. The van der Waals surface area contributed by atoms with Crippen molar-refractivity contribution in [2.75, 3.05) is 42.6 Å². The summed E-state index contributed by atoms with van der Waals surface area (Å²) in [7, 11) is -2.96. The average molecular weight is 459 g/mol. The summed E-state index contributed by atoms with van der Waals surface area (Å²) in [4.78, 5) is 17.2. The molecule has 1 aromatic carbocycles. The maximum atomic E-state index is 13.0. The van der Waals surface area contributed by atoms with Gasteiger partial charge >= 0.3 is 0 Å². The summed E-state index contributed by atoms with van der Waals surface area (Å²) < 4.78 is 25.7. The second-order valence-electron chi connectivity index (χ2n) is 10.1. The molecule has 2 saturated heterocycles. The zero-order valence-corrected chi connectivity index (χ0v) is 20.6. The van der Waals surface area contributed by atoms with Gasteiger partial charge in [0.1, 0.15) is 0 Å². The van der Waals surface area contributed by atoms with Crippen LogP contribution in [0.15, 0.2) is 24.3 Å². The van der Waals surface area contributed by atoms with Crippen LogP contribution in [0.3, 0.4) is 0 Å². The highest BCUT2D eigenvalue weighted by atomic mass is 32.2. The van der Waals surface area contributed by atoms with Crippen molar-refractivity contribution >= 4 is 21.4 Å². The van der Waals surface area contributed by atoms with Crippen LogP contribution >= 0.6 is 0 Å². The van der Waals surface area contributed by atoms with Gasteiger partial charge in [0.15, 0.2) is 9.84 Å². The van der Waals surface area contributed by atoms with Gasteiger partial charge in [0.25, 0.3) is 5.91 Å². The molecule has 1 atom stereocenters. The summed E-state index contributed by atoms with van der Waals surface area (Å²) in [6.07, 6.45) is 0.625. The van der Waals surface area contributed by atoms with Crippen molar-refractivity contribution in [3.63, 3.8) is 0 Å². The van der Waals surface area contributed by atoms with Gasteiger partial charge in [-0.2, -0.15) is 5.10 Å². The number of carbonyl (C=O) groups is 1. The van der Waals surface area contributed by atoms with E-state index in [0.717, 1.165) is 35.7 Å². The van der Waals surface area contributed by atoms with Gasteiger partial charge in [-0.25, -0.2) is 8.42 Å². The third kappa shape index (κ3) is 4.42. The van der Waals surface area contributed by atoms with Crippen LogP contribution in [0.5, 0.6) is 0 Å². The number of piperazine rings is 1. The Morgan fingerprint density at radius 3 is 2.19 bits per heavy atom. The molecule has 8 heteroatoms. The van der Waals surface area contributed by atoms with Gasteiger partial charge in [-0.05, 0) is 43.4 Å². The minimum absolute atomic E-state index is 0.0655. The van der Waals surface area contributed by atoms with E-state index in [1.807, 2.05) is 47.7 Å². The number of aryl methyl sites for hydroxylation is 1. The Labute approximate surface area is 191 Å². The first kappa shape index (κ1) is 22.8. The number of nitrogens with zero attached hydrogens (tertiary/aromatic N) is 4. The van der Waals surface area contributed by atoms with Crippen LogP contribution in [0, 0.1) is 13.8 Å². The molecule has 0 saturated carbocycles. The van der Waals surface area contributed by atoms with Gasteiger partial charge in [0.05, 0.1) is 34.6 Å². The lowest BCUT2D eigenvalue weighted by Crippen LogP contribution is -2.49. The number of rotatable bonds is 3. The second-order valence-corrected chi connectivity index (χ2v) is 12.4. The molecule has 2 fully saturated rings. The van der Waals surface area contributed by atoms with E-state index in [9.17, 15) is 13.2 Å². The Morgan fingerprint density at radius 1 is 1.03 bits per heavy atom. The molecule has 0 bridgehead atoms. The van der Waals surface area contributed by atoms with Crippen LogP contribution < -0.4 is 4.90 Å². The molecule has 7 nitrogen and oxygen atoms in total. The monoisotopic (exact) mass is 458 g/mol. The highest BCUT2D eigenvalue weighted by Crippen LogP contribution is 2.32. The Morgan fingerprint density at radius 2 is 1.66 bits per heavy atom. The van der Waals surface area contributed by atoms with Crippen molar-refractivity contribution < 1.29 is 13.2 Å². The third-order valence-corrected chi connectivity index (χ3v) is 8.47. The molecule has 2 aromatic rings. The molecule has 1 unspecified atom stereocenters.